The van der Waals surface area contributed by atoms with Crippen LogP contribution in [-0.2, 0) is 24.4 Å². The van der Waals surface area contributed by atoms with Crippen LogP contribution in [0.4, 0.5) is 0 Å². The summed E-state index contributed by atoms with van der Waals surface area (Å²) in [7, 11) is 0. The van der Waals surface area contributed by atoms with Crippen molar-refractivity contribution in [2.24, 2.45) is 5.92 Å². The third-order valence-electron chi connectivity index (χ3n) is 7.08. The van der Waals surface area contributed by atoms with Crippen molar-refractivity contribution in [3.63, 3.8) is 0 Å². The predicted molar refractivity (Wildman–Crippen MR) is 125 cm³/mol. The Labute approximate surface area is 190 Å². The fourth-order valence-electron chi connectivity index (χ4n) is 5.57. The monoisotopic (exact) mass is 437 g/mol. The first-order valence-electron chi connectivity index (χ1n) is 12.2. The van der Waals surface area contributed by atoms with Crippen molar-refractivity contribution >= 4 is 0 Å². The Hall–Kier alpha value is -2.15. The molecule has 6 nitrogen and oxygen atoms in total. The standard InChI is InChI=1S/C26H35N3O3/c1-2-11-32-25-6-4-3-5-21(25)17-28-15-20-14-23(19-28)24-8-7-22(26(30)29(24)16-20)18-27-9-12-31-13-10-27/h3-8,20,23H,2,9-19H2,1H3/t20-,23+/m0/s1. The second-order valence-electron chi connectivity index (χ2n) is 9.54. The zero-order valence-corrected chi connectivity index (χ0v) is 19.2. The third kappa shape index (κ3) is 4.63. The second-order valence-corrected chi connectivity index (χ2v) is 9.54. The molecule has 5 rings (SSSR count). The van der Waals surface area contributed by atoms with Crippen LogP contribution in [0.5, 0.6) is 5.75 Å². The maximum atomic E-state index is 13.3. The minimum Gasteiger partial charge on any atom is -0.493 e. The number of hydrogen-bond donors (Lipinski definition) is 0. The molecule has 2 saturated heterocycles. The average Bonchev–Trinajstić information content (AvgIpc) is 2.81. The highest BCUT2D eigenvalue weighted by Gasteiger charge is 2.35. The maximum absolute atomic E-state index is 13.3. The van der Waals surface area contributed by atoms with Crippen LogP contribution in [-0.4, -0.2) is 60.4 Å². The van der Waals surface area contributed by atoms with Gasteiger partial charge in [0.25, 0.3) is 5.56 Å². The number of piperidine rings is 1. The number of nitrogens with zero attached hydrogens (tertiary/aromatic N) is 3. The van der Waals surface area contributed by atoms with Crippen LogP contribution in [0.25, 0.3) is 0 Å². The number of para-hydroxylation sites is 1. The molecule has 0 amide bonds. The molecule has 172 valence electrons. The summed E-state index contributed by atoms with van der Waals surface area (Å²) in [4.78, 5) is 18.2. The molecule has 0 radical (unpaired) electrons. The lowest BCUT2D eigenvalue weighted by molar-refractivity contribution is 0.0338. The van der Waals surface area contributed by atoms with Crippen molar-refractivity contribution in [2.75, 3.05) is 46.0 Å². The first-order valence-corrected chi connectivity index (χ1v) is 12.2. The fourth-order valence-corrected chi connectivity index (χ4v) is 5.57. The van der Waals surface area contributed by atoms with E-state index in [0.29, 0.717) is 11.8 Å². The molecule has 2 aromatic rings. The topological polar surface area (TPSA) is 46.9 Å². The second kappa shape index (κ2) is 9.77. The summed E-state index contributed by atoms with van der Waals surface area (Å²) < 4.78 is 13.5. The Balaban J connectivity index is 1.31. The number of benzene rings is 1. The molecule has 32 heavy (non-hydrogen) atoms. The molecule has 3 aliphatic heterocycles. The smallest absolute Gasteiger partial charge is 0.255 e. The summed E-state index contributed by atoms with van der Waals surface area (Å²) in [6.45, 7) is 10.8. The number of morpholine rings is 1. The van der Waals surface area contributed by atoms with Crippen LogP contribution >= 0.6 is 0 Å². The lowest BCUT2D eigenvalue weighted by Gasteiger charge is -2.43. The number of hydrogen-bond acceptors (Lipinski definition) is 5. The molecule has 4 heterocycles. The van der Waals surface area contributed by atoms with Crippen LogP contribution in [0, 0.1) is 5.92 Å². The zero-order valence-electron chi connectivity index (χ0n) is 19.2. The van der Waals surface area contributed by atoms with E-state index in [1.807, 2.05) is 0 Å². The Bertz CT molecular complexity index is 983. The van der Waals surface area contributed by atoms with Gasteiger partial charge in [-0.15, -0.1) is 0 Å². The van der Waals surface area contributed by atoms with Gasteiger partial charge in [-0.05, 0) is 30.9 Å². The van der Waals surface area contributed by atoms with Gasteiger partial charge in [-0.2, -0.15) is 0 Å². The molecule has 0 saturated carbocycles. The molecular weight excluding hydrogens is 402 g/mol. The summed E-state index contributed by atoms with van der Waals surface area (Å²) in [6.07, 6.45) is 2.20. The van der Waals surface area contributed by atoms with Crippen molar-refractivity contribution in [1.29, 1.82) is 0 Å². The summed E-state index contributed by atoms with van der Waals surface area (Å²) in [5, 5.41) is 0. The van der Waals surface area contributed by atoms with E-state index in [4.69, 9.17) is 9.47 Å². The Morgan fingerprint density at radius 3 is 2.62 bits per heavy atom. The van der Waals surface area contributed by atoms with Crippen LogP contribution < -0.4 is 10.3 Å². The number of fused-ring (bicyclic) bond motifs is 4. The molecule has 0 N–H and O–H groups in total. The molecule has 2 fully saturated rings. The number of pyridine rings is 1. The van der Waals surface area contributed by atoms with Gasteiger partial charge in [-0.3, -0.25) is 14.6 Å². The van der Waals surface area contributed by atoms with E-state index in [-0.39, 0.29) is 5.56 Å². The fraction of sp³-hybridized carbons (Fsp3) is 0.577. The van der Waals surface area contributed by atoms with E-state index in [2.05, 4.69) is 57.7 Å². The molecule has 2 bridgehead atoms. The SMILES string of the molecule is CCCOc1ccccc1CN1C[C@@H]2C[C@H](C1)c1ccc(CN3CCOCC3)c(=O)n1C2. The minimum absolute atomic E-state index is 0.218. The average molecular weight is 438 g/mol. The molecule has 0 aliphatic carbocycles. The Morgan fingerprint density at radius 2 is 1.78 bits per heavy atom. The number of likely N-dealkylation sites (tertiary alicyclic amines) is 1. The quantitative estimate of drug-likeness (QED) is 0.666. The van der Waals surface area contributed by atoms with E-state index in [1.165, 1.54) is 17.7 Å². The first-order chi connectivity index (χ1) is 15.7. The van der Waals surface area contributed by atoms with Crippen molar-refractivity contribution in [3.8, 4) is 5.75 Å². The van der Waals surface area contributed by atoms with Gasteiger partial charge >= 0.3 is 0 Å². The number of rotatable bonds is 7. The van der Waals surface area contributed by atoms with Gasteiger partial charge in [0.1, 0.15) is 5.75 Å². The van der Waals surface area contributed by atoms with E-state index < -0.39 is 0 Å². The van der Waals surface area contributed by atoms with E-state index in [0.717, 1.165) is 83.4 Å². The summed E-state index contributed by atoms with van der Waals surface area (Å²) >= 11 is 0. The van der Waals surface area contributed by atoms with Gasteiger partial charge in [0.15, 0.2) is 0 Å². The lowest BCUT2D eigenvalue weighted by atomic mass is 9.82. The highest BCUT2D eigenvalue weighted by molar-refractivity contribution is 5.33. The van der Waals surface area contributed by atoms with Crippen molar-refractivity contribution < 1.29 is 9.47 Å². The molecule has 0 unspecified atom stereocenters. The van der Waals surface area contributed by atoms with Crippen LogP contribution in [0.1, 0.15) is 42.5 Å². The van der Waals surface area contributed by atoms with E-state index in [1.54, 1.807) is 0 Å². The van der Waals surface area contributed by atoms with Crippen molar-refractivity contribution in [3.05, 3.63) is 63.6 Å². The highest BCUT2D eigenvalue weighted by Crippen LogP contribution is 2.36. The van der Waals surface area contributed by atoms with Gasteiger partial charge in [0, 0.05) is 68.6 Å². The number of ether oxygens (including phenoxy) is 2. The van der Waals surface area contributed by atoms with Gasteiger partial charge in [-0.25, -0.2) is 0 Å². The van der Waals surface area contributed by atoms with Crippen LogP contribution in [0.15, 0.2) is 41.2 Å². The summed E-state index contributed by atoms with van der Waals surface area (Å²) in [6, 6.07) is 12.7. The lowest BCUT2D eigenvalue weighted by Crippen LogP contribution is -2.47. The first kappa shape index (κ1) is 21.7. The molecule has 6 heteroatoms. The van der Waals surface area contributed by atoms with Crippen molar-refractivity contribution in [2.45, 2.75) is 45.3 Å². The highest BCUT2D eigenvalue weighted by atomic mass is 16.5. The van der Waals surface area contributed by atoms with E-state index >= 15 is 0 Å². The molecule has 0 spiro atoms. The van der Waals surface area contributed by atoms with Crippen LogP contribution in [0.3, 0.4) is 0 Å². The molecular formula is C26H35N3O3. The predicted octanol–water partition coefficient (Wildman–Crippen LogP) is 3.09. The zero-order chi connectivity index (χ0) is 21.9. The third-order valence-corrected chi connectivity index (χ3v) is 7.08. The Morgan fingerprint density at radius 1 is 0.969 bits per heavy atom. The van der Waals surface area contributed by atoms with E-state index in [9.17, 15) is 4.79 Å². The Kier molecular flexibility index (Phi) is 6.62. The van der Waals surface area contributed by atoms with Gasteiger partial charge < -0.3 is 14.0 Å². The molecule has 1 aromatic carbocycles. The maximum Gasteiger partial charge on any atom is 0.255 e. The normalized spacial score (nSPS) is 23.7. The van der Waals surface area contributed by atoms with Gasteiger partial charge in [0.2, 0.25) is 0 Å². The van der Waals surface area contributed by atoms with Gasteiger partial charge in [-0.1, -0.05) is 31.2 Å². The largest absolute Gasteiger partial charge is 0.493 e. The molecule has 1 aromatic heterocycles. The van der Waals surface area contributed by atoms with Crippen LogP contribution in [0.2, 0.25) is 0 Å². The summed E-state index contributed by atoms with van der Waals surface area (Å²) in [5.41, 5.74) is 3.63. The number of aromatic nitrogens is 1. The molecule has 2 atom stereocenters. The minimum atomic E-state index is 0.218. The van der Waals surface area contributed by atoms with Crippen molar-refractivity contribution in [1.82, 2.24) is 14.4 Å². The van der Waals surface area contributed by atoms with Gasteiger partial charge in [0.05, 0.1) is 19.8 Å². The molecule has 3 aliphatic rings. The summed E-state index contributed by atoms with van der Waals surface area (Å²) in [5.74, 6) is 1.96.